The Morgan fingerprint density at radius 2 is 1.94 bits per heavy atom. The van der Waals surface area contributed by atoms with Gasteiger partial charge in [0.1, 0.15) is 10.7 Å². The van der Waals surface area contributed by atoms with Gasteiger partial charge in [0.25, 0.3) is 0 Å². The van der Waals surface area contributed by atoms with Crippen LogP contribution in [0.15, 0.2) is 28.6 Å². The second-order valence-electron chi connectivity index (χ2n) is 4.76. The highest BCUT2D eigenvalue weighted by atomic mass is 32.2. The van der Waals surface area contributed by atoms with Crippen molar-refractivity contribution < 1.29 is 0 Å². The maximum atomic E-state index is 6.06. The Balaban J connectivity index is 2.21. The van der Waals surface area contributed by atoms with Crippen LogP contribution < -0.4 is 5.73 Å². The Labute approximate surface area is 117 Å². The minimum atomic E-state index is 0.669. The fourth-order valence-corrected chi connectivity index (χ4v) is 3.46. The molecule has 2 rings (SSSR count). The highest BCUT2D eigenvalue weighted by Crippen LogP contribution is 2.35. The summed E-state index contributed by atoms with van der Waals surface area (Å²) in [6.45, 7) is 6.51. The van der Waals surface area contributed by atoms with Gasteiger partial charge in [0.15, 0.2) is 4.34 Å². The van der Waals surface area contributed by atoms with E-state index in [4.69, 9.17) is 5.73 Å². The summed E-state index contributed by atoms with van der Waals surface area (Å²) in [5.41, 5.74) is 9.34. The molecule has 18 heavy (non-hydrogen) atoms. The predicted octanol–water partition coefficient (Wildman–Crippen LogP) is 4.45. The molecule has 0 aliphatic rings. The zero-order valence-corrected chi connectivity index (χ0v) is 12.6. The molecule has 2 aromatic rings. The van der Waals surface area contributed by atoms with E-state index in [1.807, 2.05) is 0 Å². The smallest absolute Gasteiger partial charge is 0.152 e. The zero-order chi connectivity index (χ0) is 13.1. The van der Waals surface area contributed by atoms with Crippen molar-refractivity contribution in [1.82, 2.24) is 4.98 Å². The molecule has 0 radical (unpaired) electrons. The molecule has 1 aromatic heterocycles. The van der Waals surface area contributed by atoms with Crippen molar-refractivity contribution >= 4 is 28.1 Å². The maximum Gasteiger partial charge on any atom is 0.152 e. The second kappa shape index (κ2) is 5.76. The lowest BCUT2D eigenvalue weighted by atomic mass is 10.1. The summed E-state index contributed by atoms with van der Waals surface area (Å²) in [4.78, 5) is 4.64. The summed E-state index contributed by atoms with van der Waals surface area (Å²) in [7, 11) is 0. The third-order valence-electron chi connectivity index (χ3n) is 2.50. The van der Waals surface area contributed by atoms with Crippen molar-refractivity contribution in [1.29, 1.82) is 0 Å². The second-order valence-corrected chi connectivity index (χ2v) is 7.06. The highest BCUT2D eigenvalue weighted by Gasteiger charge is 2.11. The predicted molar refractivity (Wildman–Crippen MR) is 82.3 cm³/mol. The molecule has 0 amide bonds. The number of nitrogens with two attached hydrogens (primary N) is 1. The van der Waals surface area contributed by atoms with Crippen molar-refractivity contribution in [3.63, 3.8) is 0 Å². The molecule has 0 saturated heterocycles. The van der Waals surface area contributed by atoms with E-state index in [0.29, 0.717) is 5.92 Å². The van der Waals surface area contributed by atoms with Crippen molar-refractivity contribution in [3.05, 3.63) is 29.8 Å². The van der Waals surface area contributed by atoms with Crippen LogP contribution in [0.2, 0.25) is 0 Å². The number of hydrogen-bond donors (Lipinski definition) is 1. The third kappa shape index (κ3) is 3.27. The lowest BCUT2D eigenvalue weighted by Gasteiger charge is -2.00. The lowest BCUT2D eigenvalue weighted by Crippen LogP contribution is -1.89. The van der Waals surface area contributed by atoms with E-state index in [9.17, 15) is 0 Å². The van der Waals surface area contributed by atoms with Crippen LogP contribution in [-0.2, 0) is 0 Å². The van der Waals surface area contributed by atoms with Crippen molar-refractivity contribution in [2.45, 2.75) is 25.1 Å². The molecular weight excluding hydrogens is 260 g/mol. The van der Waals surface area contributed by atoms with Gasteiger partial charge >= 0.3 is 0 Å². The van der Waals surface area contributed by atoms with Crippen LogP contribution >= 0.6 is 23.1 Å². The van der Waals surface area contributed by atoms with Gasteiger partial charge in [0.2, 0.25) is 0 Å². The average molecular weight is 278 g/mol. The number of hydrogen-bond acceptors (Lipinski definition) is 4. The number of aromatic nitrogens is 1. The first-order chi connectivity index (χ1) is 8.56. The van der Waals surface area contributed by atoms with Crippen LogP contribution in [0, 0.1) is 12.8 Å². The molecule has 0 fully saturated rings. The molecule has 4 heteroatoms. The highest BCUT2D eigenvalue weighted by molar-refractivity contribution is 8.01. The topological polar surface area (TPSA) is 38.9 Å². The number of thiazole rings is 1. The van der Waals surface area contributed by atoms with Crippen LogP contribution in [0.25, 0.3) is 11.3 Å². The molecule has 2 nitrogen and oxygen atoms in total. The fourth-order valence-electron chi connectivity index (χ4n) is 1.53. The molecule has 0 unspecified atom stereocenters. The van der Waals surface area contributed by atoms with Gasteiger partial charge in [0.05, 0.1) is 0 Å². The van der Waals surface area contributed by atoms with Crippen LogP contribution in [-0.4, -0.2) is 10.7 Å². The van der Waals surface area contributed by atoms with E-state index in [0.717, 1.165) is 26.4 Å². The van der Waals surface area contributed by atoms with Gasteiger partial charge < -0.3 is 5.73 Å². The van der Waals surface area contributed by atoms with Gasteiger partial charge in [-0.15, -0.1) is 0 Å². The van der Waals surface area contributed by atoms with Gasteiger partial charge in [-0.05, 0) is 12.8 Å². The van der Waals surface area contributed by atoms with E-state index in [1.54, 1.807) is 23.1 Å². The normalized spacial score (nSPS) is 11.1. The summed E-state index contributed by atoms with van der Waals surface area (Å²) in [6, 6.07) is 8.35. The zero-order valence-electron chi connectivity index (χ0n) is 10.9. The standard InChI is InChI=1S/C14H18N2S2/c1-9(2)8-17-14-16-12(13(15)18-14)11-6-4-10(3)5-7-11/h4-7,9H,8,15H2,1-3H3. The first-order valence-corrected chi connectivity index (χ1v) is 7.82. The van der Waals surface area contributed by atoms with E-state index in [-0.39, 0.29) is 0 Å². The molecule has 0 aliphatic carbocycles. The van der Waals surface area contributed by atoms with E-state index in [2.05, 4.69) is 50.0 Å². The number of nitrogen functional groups attached to an aromatic ring is 1. The van der Waals surface area contributed by atoms with Crippen LogP contribution in [0.4, 0.5) is 5.00 Å². The number of benzene rings is 1. The molecule has 0 saturated carbocycles. The SMILES string of the molecule is Cc1ccc(-c2nc(SCC(C)C)sc2N)cc1. The van der Waals surface area contributed by atoms with Crippen molar-refractivity contribution in [3.8, 4) is 11.3 Å². The number of anilines is 1. The van der Waals surface area contributed by atoms with Crippen LogP contribution in [0.1, 0.15) is 19.4 Å². The van der Waals surface area contributed by atoms with Gasteiger partial charge in [-0.25, -0.2) is 4.98 Å². The van der Waals surface area contributed by atoms with E-state index >= 15 is 0 Å². The Hall–Kier alpha value is -1.00. The minimum absolute atomic E-state index is 0.669. The third-order valence-corrected chi connectivity index (χ3v) is 4.95. The van der Waals surface area contributed by atoms with Gasteiger partial charge in [0, 0.05) is 11.3 Å². The van der Waals surface area contributed by atoms with Gasteiger partial charge in [-0.1, -0.05) is 66.8 Å². The quantitative estimate of drug-likeness (QED) is 0.840. The number of thioether (sulfide) groups is 1. The van der Waals surface area contributed by atoms with Crippen LogP contribution in [0.5, 0.6) is 0 Å². The maximum absolute atomic E-state index is 6.06. The van der Waals surface area contributed by atoms with E-state index < -0.39 is 0 Å². The number of nitrogens with zero attached hydrogens (tertiary/aromatic N) is 1. The molecule has 1 aromatic carbocycles. The first-order valence-electron chi connectivity index (χ1n) is 6.02. The summed E-state index contributed by atoms with van der Waals surface area (Å²) in [5.74, 6) is 1.75. The van der Waals surface area contributed by atoms with Crippen LogP contribution in [0.3, 0.4) is 0 Å². The fraction of sp³-hybridized carbons (Fsp3) is 0.357. The Bertz CT molecular complexity index is 515. The Morgan fingerprint density at radius 1 is 1.28 bits per heavy atom. The first kappa shape index (κ1) is 13.4. The van der Waals surface area contributed by atoms with Crippen molar-refractivity contribution in [2.75, 3.05) is 11.5 Å². The van der Waals surface area contributed by atoms with Gasteiger partial charge in [-0.3, -0.25) is 0 Å². The number of rotatable bonds is 4. The summed E-state index contributed by atoms with van der Waals surface area (Å²) in [5, 5.41) is 0.810. The number of aryl methyl sites for hydroxylation is 1. The Kier molecular flexibility index (Phi) is 4.30. The average Bonchev–Trinajstić information content (AvgIpc) is 2.69. The largest absolute Gasteiger partial charge is 0.389 e. The van der Waals surface area contributed by atoms with Crippen molar-refractivity contribution in [2.24, 2.45) is 5.92 Å². The molecule has 0 spiro atoms. The Morgan fingerprint density at radius 3 is 2.56 bits per heavy atom. The molecule has 1 heterocycles. The minimum Gasteiger partial charge on any atom is -0.389 e. The summed E-state index contributed by atoms with van der Waals surface area (Å²) in [6.07, 6.45) is 0. The molecule has 2 N–H and O–H groups in total. The summed E-state index contributed by atoms with van der Waals surface area (Å²) >= 11 is 3.37. The summed E-state index contributed by atoms with van der Waals surface area (Å²) < 4.78 is 1.07. The molecule has 0 bridgehead atoms. The molecule has 0 atom stereocenters. The van der Waals surface area contributed by atoms with E-state index in [1.165, 1.54) is 5.56 Å². The lowest BCUT2D eigenvalue weighted by molar-refractivity contribution is 0.750. The monoisotopic (exact) mass is 278 g/mol. The van der Waals surface area contributed by atoms with Gasteiger partial charge in [-0.2, -0.15) is 0 Å². The molecule has 0 aliphatic heterocycles. The molecular formula is C14H18N2S2. The molecule has 96 valence electrons.